The van der Waals surface area contributed by atoms with E-state index >= 15 is 0 Å². The topological polar surface area (TPSA) is 17.1 Å². The molecule has 1 aliphatic rings. The predicted molar refractivity (Wildman–Crippen MR) is 60.2 cm³/mol. The van der Waals surface area contributed by atoms with E-state index in [0.29, 0.717) is 11.2 Å². The number of Topliss-reactive ketones (excluding diaryl/α,β-unsaturated/α-hetero) is 1. The molecule has 0 spiro atoms. The van der Waals surface area contributed by atoms with Crippen LogP contribution in [0.3, 0.4) is 0 Å². The zero-order valence-electron chi connectivity index (χ0n) is 9.73. The van der Waals surface area contributed by atoms with E-state index in [-0.39, 0.29) is 0 Å². The molecule has 1 aliphatic carbocycles. The maximum absolute atomic E-state index is 11.4. The summed E-state index contributed by atoms with van der Waals surface area (Å²) in [6.45, 7) is 6.53. The normalized spacial score (nSPS) is 27.5. The summed E-state index contributed by atoms with van der Waals surface area (Å²) in [6, 6.07) is 0. The Bertz CT molecular complexity index is 236. The van der Waals surface area contributed by atoms with Crippen LogP contribution >= 0.6 is 0 Å². The first-order valence-electron chi connectivity index (χ1n) is 5.67. The third-order valence-electron chi connectivity index (χ3n) is 3.16. The van der Waals surface area contributed by atoms with Gasteiger partial charge in [-0.3, -0.25) is 4.79 Å². The van der Waals surface area contributed by atoms with Gasteiger partial charge in [-0.05, 0) is 44.9 Å². The highest BCUT2D eigenvalue weighted by atomic mass is 16.1. The molecule has 0 bridgehead atoms. The first-order chi connectivity index (χ1) is 6.52. The lowest BCUT2D eigenvalue weighted by Crippen LogP contribution is -2.25. The number of hydrogen-bond donors (Lipinski definition) is 0. The fraction of sp³-hybridized carbons (Fsp3) is 0.769. The highest BCUT2D eigenvalue weighted by Gasteiger charge is 2.29. The second-order valence-corrected chi connectivity index (χ2v) is 5.20. The molecule has 1 atom stereocenters. The summed E-state index contributed by atoms with van der Waals surface area (Å²) >= 11 is 0. The second-order valence-electron chi connectivity index (χ2n) is 5.20. The van der Waals surface area contributed by atoms with E-state index in [2.05, 4.69) is 26.8 Å². The fourth-order valence-corrected chi connectivity index (χ4v) is 2.29. The maximum Gasteiger partial charge on any atom is 0.133 e. The van der Waals surface area contributed by atoms with Gasteiger partial charge in [0.1, 0.15) is 5.78 Å². The largest absolute Gasteiger partial charge is 0.300 e. The molecule has 1 nitrogen and oxygen atoms in total. The van der Waals surface area contributed by atoms with Crippen molar-refractivity contribution in [3.63, 3.8) is 0 Å². The van der Waals surface area contributed by atoms with Crippen molar-refractivity contribution in [2.24, 2.45) is 5.41 Å². The van der Waals surface area contributed by atoms with Gasteiger partial charge in [0.05, 0.1) is 0 Å². The van der Waals surface area contributed by atoms with Gasteiger partial charge in [0.15, 0.2) is 0 Å². The van der Waals surface area contributed by atoms with Crippen LogP contribution in [0.4, 0.5) is 0 Å². The van der Waals surface area contributed by atoms with Crippen molar-refractivity contribution in [1.29, 1.82) is 0 Å². The molecule has 0 aromatic heterocycles. The van der Waals surface area contributed by atoms with E-state index in [1.54, 1.807) is 0 Å². The first kappa shape index (κ1) is 11.5. The van der Waals surface area contributed by atoms with E-state index in [1.165, 1.54) is 18.4 Å². The van der Waals surface area contributed by atoms with Gasteiger partial charge in [-0.25, -0.2) is 0 Å². The average molecular weight is 194 g/mol. The number of carbonyl (C=O) groups is 1. The van der Waals surface area contributed by atoms with Gasteiger partial charge >= 0.3 is 0 Å². The molecule has 0 aliphatic heterocycles. The molecule has 0 unspecified atom stereocenters. The summed E-state index contributed by atoms with van der Waals surface area (Å²) in [4.78, 5) is 11.4. The molecule has 80 valence electrons. The van der Waals surface area contributed by atoms with Crippen LogP contribution in [0.1, 0.15) is 59.3 Å². The fourth-order valence-electron chi connectivity index (χ4n) is 2.29. The van der Waals surface area contributed by atoms with E-state index < -0.39 is 0 Å². The summed E-state index contributed by atoms with van der Waals surface area (Å²) in [5, 5.41) is 0. The molecule has 1 fully saturated rings. The summed E-state index contributed by atoms with van der Waals surface area (Å²) in [7, 11) is 0. The smallest absolute Gasteiger partial charge is 0.133 e. The van der Waals surface area contributed by atoms with Gasteiger partial charge in [-0.2, -0.15) is 0 Å². The minimum Gasteiger partial charge on any atom is -0.300 e. The van der Waals surface area contributed by atoms with Gasteiger partial charge in [0.25, 0.3) is 0 Å². The van der Waals surface area contributed by atoms with Crippen molar-refractivity contribution < 1.29 is 4.79 Å². The zero-order valence-corrected chi connectivity index (χ0v) is 9.73. The Morgan fingerprint density at radius 2 is 2.21 bits per heavy atom. The van der Waals surface area contributed by atoms with Crippen molar-refractivity contribution in [2.75, 3.05) is 0 Å². The zero-order chi connectivity index (χ0) is 10.6. The molecule has 0 saturated heterocycles. The molecule has 0 N–H and O–H groups in total. The van der Waals surface area contributed by atoms with Crippen LogP contribution in [-0.4, -0.2) is 5.78 Å². The molecule has 0 heterocycles. The molecule has 1 saturated carbocycles. The first-order valence-corrected chi connectivity index (χ1v) is 5.67. The Labute approximate surface area is 87.6 Å². The molecular weight excluding hydrogens is 172 g/mol. The van der Waals surface area contributed by atoms with Crippen LogP contribution in [0.2, 0.25) is 0 Å². The Kier molecular flexibility index (Phi) is 3.91. The quantitative estimate of drug-likeness (QED) is 0.623. The lowest BCUT2D eigenvalue weighted by Gasteiger charge is -2.32. The summed E-state index contributed by atoms with van der Waals surface area (Å²) < 4.78 is 0. The maximum atomic E-state index is 11.4. The number of rotatable bonds is 3. The summed E-state index contributed by atoms with van der Waals surface area (Å²) in [5.74, 6) is 0.468. The Balaban J connectivity index is 2.41. The second kappa shape index (κ2) is 4.77. The van der Waals surface area contributed by atoms with Gasteiger partial charge in [-0.15, -0.1) is 0 Å². The van der Waals surface area contributed by atoms with Gasteiger partial charge in [0, 0.05) is 12.8 Å². The highest BCUT2D eigenvalue weighted by Crippen LogP contribution is 2.38. The number of carbonyl (C=O) groups excluding carboxylic acids is 1. The standard InChI is InChI=1S/C13H22O/c1-11(2)6-4-8-13(3)9-5-7-12(14)10-13/h6H,4-5,7-10H2,1-3H3/t13-/m1/s1. The molecule has 14 heavy (non-hydrogen) atoms. The molecular formula is C13H22O. The predicted octanol–water partition coefficient (Wildman–Crippen LogP) is 3.88. The van der Waals surface area contributed by atoms with Crippen LogP contribution < -0.4 is 0 Å². The summed E-state index contributed by atoms with van der Waals surface area (Å²) in [5.41, 5.74) is 1.68. The van der Waals surface area contributed by atoms with Gasteiger partial charge in [0.2, 0.25) is 0 Å². The van der Waals surface area contributed by atoms with Crippen LogP contribution in [-0.2, 0) is 4.79 Å². The SMILES string of the molecule is CC(C)=CCC[C@]1(C)CCCC(=O)C1. The third kappa shape index (κ3) is 3.65. The Morgan fingerprint density at radius 1 is 1.50 bits per heavy atom. The minimum absolute atomic E-state index is 0.293. The van der Waals surface area contributed by atoms with E-state index in [9.17, 15) is 4.79 Å². The van der Waals surface area contributed by atoms with Crippen molar-refractivity contribution in [2.45, 2.75) is 59.3 Å². The van der Waals surface area contributed by atoms with Crippen LogP contribution in [0.15, 0.2) is 11.6 Å². The van der Waals surface area contributed by atoms with E-state index in [0.717, 1.165) is 25.7 Å². The molecule has 0 aromatic carbocycles. The lowest BCUT2D eigenvalue weighted by molar-refractivity contribution is -0.123. The summed E-state index contributed by atoms with van der Waals surface area (Å²) in [6.07, 6.45) is 8.54. The molecule has 0 radical (unpaired) electrons. The number of ketones is 1. The molecule has 1 rings (SSSR count). The molecule has 0 aromatic rings. The van der Waals surface area contributed by atoms with E-state index in [1.807, 2.05) is 0 Å². The highest BCUT2D eigenvalue weighted by molar-refractivity contribution is 5.79. The number of hydrogen-bond acceptors (Lipinski definition) is 1. The third-order valence-corrected chi connectivity index (χ3v) is 3.16. The number of allylic oxidation sites excluding steroid dienone is 2. The Morgan fingerprint density at radius 3 is 2.79 bits per heavy atom. The van der Waals surface area contributed by atoms with Gasteiger partial charge < -0.3 is 0 Å². The molecule has 0 amide bonds. The van der Waals surface area contributed by atoms with Crippen LogP contribution in [0.5, 0.6) is 0 Å². The average Bonchev–Trinajstić information content (AvgIpc) is 2.01. The van der Waals surface area contributed by atoms with Gasteiger partial charge in [-0.1, -0.05) is 18.6 Å². The van der Waals surface area contributed by atoms with Crippen molar-refractivity contribution in [3.8, 4) is 0 Å². The van der Waals surface area contributed by atoms with Crippen molar-refractivity contribution in [1.82, 2.24) is 0 Å². The van der Waals surface area contributed by atoms with E-state index in [4.69, 9.17) is 0 Å². The van der Waals surface area contributed by atoms with Crippen molar-refractivity contribution >= 4 is 5.78 Å². The monoisotopic (exact) mass is 194 g/mol. The minimum atomic E-state index is 0.293. The lowest BCUT2D eigenvalue weighted by atomic mass is 9.72. The Hall–Kier alpha value is -0.590. The van der Waals surface area contributed by atoms with Crippen LogP contribution in [0, 0.1) is 5.41 Å². The van der Waals surface area contributed by atoms with Crippen molar-refractivity contribution in [3.05, 3.63) is 11.6 Å². The molecule has 1 heteroatoms. The van der Waals surface area contributed by atoms with Crippen LogP contribution in [0.25, 0.3) is 0 Å².